The highest BCUT2D eigenvalue weighted by Gasteiger charge is 2.68. The first-order valence-electron chi connectivity index (χ1n) is 14.2. The van der Waals surface area contributed by atoms with Crippen LogP contribution in [0.25, 0.3) is 0 Å². The maximum absolute atomic E-state index is 12.3. The topological polar surface area (TPSA) is 58.9 Å². The van der Waals surface area contributed by atoms with Crippen LogP contribution in [0.5, 0.6) is 0 Å². The van der Waals surface area contributed by atoms with Crippen LogP contribution < -0.4 is 0 Å². The summed E-state index contributed by atoms with van der Waals surface area (Å²) in [6.07, 6.45) is 13.7. The first-order chi connectivity index (χ1) is 16.2. The molecule has 35 heavy (non-hydrogen) atoms. The molecule has 1 N–H and O–H groups in total. The second-order valence-corrected chi connectivity index (χ2v) is 15.0. The van der Waals surface area contributed by atoms with E-state index >= 15 is 0 Å². The van der Waals surface area contributed by atoms with Crippen LogP contribution in [0.3, 0.4) is 0 Å². The van der Waals surface area contributed by atoms with Gasteiger partial charge >= 0.3 is 5.97 Å². The Morgan fingerprint density at radius 2 is 1.66 bits per heavy atom. The number of hydrogen-bond donors (Lipinski definition) is 1. The van der Waals surface area contributed by atoms with Gasteiger partial charge in [0.05, 0.1) is 11.1 Å². The lowest BCUT2D eigenvalue weighted by Gasteiger charge is -2.71. The van der Waals surface area contributed by atoms with E-state index in [1.807, 2.05) is 6.92 Å². The van der Waals surface area contributed by atoms with E-state index in [2.05, 4.69) is 52.8 Å². The van der Waals surface area contributed by atoms with E-state index in [0.717, 1.165) is 32.1 Å². The second kappa shape index (κ2) is 7.60. The van der Waals surface area contributed by atoms with E-state index in [-0.39, 0.29) is 27.1 Å². The largest absolute Gasteiger partial charge is 0.481 e. The fraction of sp³-hybridized carbons (Fsp3) is 0.871. The molecule has 4 heteroatoms. The Morgan fingerprint density at radius 1 is 0.971 bits per heavy atom. The molecule has 0 aromatic rings. The SMILES string of the molecule is CON=C1CCC2(C)C(CCC3(C)C2CC=C2C4CC(C)(C(=O)O)CCC4(C)CCC23C)C1(C)C. The minimum absolute atomic E-state index is 0.0625. The molecule has 0 aromatic heterocycles. The van der Waals surface area contributed by atoms with Crippen molar-refractivity contribution in [1.82, 2.24) is 0 Å². The second-order valence-electron chi connectivity index (χ2n) is 15.0. The molecule has 5 aliphatic rings. The molecule has 0 aliphatic heterocycles. The minimum atomic E-state index is -0.599. The van der Waals surface area contributed by atoms with E-state index in [1.54, 1.807) is 12.7 Å². The predicted octanol–water partition coefficient (Wildman–Crippen LogP) is 7.88. The van der Waals surface area contributed by atoms with Crippen molar-refractivity contribution >= 4 is 11.7 Å². The van der Waals surface area contributed by atoms with Crippen molar-refractivity contribution in [2.45, 2.75) is 113 Å². The first-order valence-corrected chi connectivity index (χ1v) is 14.2. The molecule has 0 saturated heterocycles. The van der Waals surface area contributed by atoms with Crippen molar-refractivity contribution in [2.24, 2.45) is 55.4 Å². The van der Waals surface area contributed by atoms with Gasteiger partial charge < -0.3 is 9.94 Å². The third-order valence-electron chi connectivity index (χ3n) is 13.3. The van der Waals surface area contributed by atoms with Crippen LogP contribution in [0.15, 0.2) is 16.8 Å². The molecule has 0 bridgehead atoms. The summed E-state index contributed by atoms with van der Waals surface area (Å²) >= 11 is 0. The predicted molar refractivity (Wildman–Crippen MR) is 141 cm³/mol. The molecule has 4 nitrogen and oxygen atoms in total. The number of oxime groups is 1. The Bertz CT molecular complexity index is 982. The molecule has 0 heterocycles. The average Bonchev–Trinajstić information content (AvgIpc) is 2.77. The van der Waals surface area contributed by atoms with Crippen molar-refractivity contribution in [2.75, 3.05) is 7.11 Å². The number of carboxylic acid groups (broad SMARTS) is 1. The van der Waals surface area contributed by atoms with E-state index in [0.29, 0.717) is 17.8 Å². The highest BCUT2D eigenvalue weighted by atomic mass is 16.6. The molecule has 0 spiro atoms. The number of nitrogens with zero attached hydrogens (tertiary/aromatic N) is 1. The summed E-state index contributed by atoms with van der Waals surface area (Å²) in [5, 5.41) is 14.6. The van der Waals surface area contributed by atoms with Crippen molar-refractivity contribution in [3.8, 4) is 0 Å². The third kappa shape index (κ3) is 3.16. The van der Waals surface area contributed by atoms with Crippen molar-refractivity contribution in [3.63, 3.8) is 0 Å². The van der Waals surface area contributed by atoms with Gasteiger partial charge in [0.15, 0.2) is 0 Å². The van der Waals surface area contributed by atoms with Crippen LogP contribution in [0, 0.1) is 50.2 Å². The van der Waals surface area contributed by atoms with Crippen LogP contribution in [0.4, 0.5) is 0 Å². The van der Waals surface area contributed by atoms with Gasteiger partial charge in [-0.2, -0.15) is 0 Å². The van der Waals surface area contributed by atoms with Crippen LogP contribution in [0.1, 0.15) is 113 Å². The van der Waals surface area contributed by atoms with Crippen LogP contribution in [-0.2, 0) is 9.63 Å². The first kappa shape index (κ1) is 25.3. The van der Waals surface area contributed by atoms with Crippen LogP contribution in [0.2, 0.25) is 0 Å². The number of carbonyl (C=O) groups is 1. The quantitative estimate of drug-likeness (QED) is 0.321. The van der Waals surface area contributed by atoms with Crippen LogP contribution in [-0.4, -0.2) is 23.9 Å². The molecular formula is C31H49NO3. The Hall–Kier alpha value is -1.32. The molecule has 4 fully saturated rings. The van der Waals surface area contributed by atoms with Gasteiger partial charge in [0, 0.05) is 5.41 Å². The maximum Gasteiger partial charge on any atom is 0.309 e. The Balaban J connectivity index is 1.56. The summed E-state index contributed by atoms with van der Waals surface area (Å²) in [5.41, 5.74) is 3.31. The van der Waals surface area contributed by atoms with Crippen molar-refractivity contribution in [3.05, 3.63) is 11.6 Å². The minimum Gasteiger partial charge on any atom is -0.481 e. The zero-order valence-corrected chi connectivity index (χ0v) is 23.6. The number of hydrogen-bond acceptors (Lipinski definition) is 3. The van der Waals surface area contributed by atoms with E-state index < -0.39 is 11.4 Å². The highest BCUT2D eigenvalue weighted by Crippen LogP contribution is 2.75. The van der Waals surface area contributed by atoms with Gasteiger partial charge in [0.2, 0.25) is 0 Å². The molecule has 0 aromatic carbocycles. The monoisotopic (exact) mass is 483 g/mol. The van der Waals surface area contributed by atoms with E-state index in [1.165, 1.54) is 37.8 Å². The lowest BCUT2D eigenvalue weighted by atomic mass is 9.33. The average molecular weight is 484 g/mol. The zero-order chi connectivity index (χ0) is 25.7. The van der Waals surface area contributed by atoms with Gasteiger partial charge in [0.25, 0.3) is 0 Å². The molecule has 0 radical (unpaired) electrons. The molecular weight excluding hydrogens is 434 g/mol. The molecule has 4 saturated carbocycles. The number of allylic oxidation sites excluding steroid dienone is 2. The highest BCUT2D eigenvalue weighted by molar-refractivity contribution is 5.90. The van der Waals surface area contributed by atoms with E-state index in [4.69, 9.17) is 4.84 Å². The summed E-state index contributed by atoms with van der Waals surface area (Å²) in [5.74, 6) is 1.08. The number of fused-ring (bicyclic) bond motifs is 7. The lowest BCUT2D eigenvalue weighted by Crippen LogP contribution is -2.64. The molecule has 0 amide bonds. The lowest BCUT2D eigenvalue weighted by molar-refractivity contribution is -0.169. The standard InChI is InChI=1S/C31H49NO3/c1-26(2)22-11-14-31(7)23(29(22,5)13-12-24(26)32-35-8)10-9-20-21-19-28(4,25(33)34)16-15-27(21,3)17-18-30(20,31)6/h9,21-23H,10-19H2,1-8H3,(H,33,34). The van der Waals surface area contributed by atoms with Gasteiger partial charge in [-0.05, 0) is 111 Å². The van der Waals surface area contributed by atoms with Gasteiger partial charge in [-0.15, -0.1) is 0 Å². The fourth-order valence-corrected chi connectivity index (χ4v) is 10.6. The number of rotatable bonds is 2. The van der Waals surface area contributed by atoms with Gasteiger partial charge in [-0.1, -0.05) is 58.3 Å². The van der Waals surface area contributed by atoms with Crippen molar-refractivity contribution < 1.29 is 14.7 Å². The zero-order valence-electron chi connectivity index (χ0n) is 23.6. The Kier molecular flexibility index (Phi) is 5.50. The smallest absolute Gasteiger partial charge is 0.309 e. The van der Waals surface area contributed by atoms with Gasteiger partial charge in [-0.3, -0.25) is 4.79 Å². The van der Waals surface area contributed by atoms with E-state index in [9.17, 15) is 9.90 Å². The fourth-order valence-electron chi connectivity index (χ4n) is 10.6. The summed E-state index contributed by atoms with van der Waals surface area (Å²) in [6.45, 7) is 17.1. The maximum atomic E-state index is 12.3. The third-order valence-corrected chi connectivity index (χ3v) is 13.3. The van der Waals surface area contributed by atoms with Gasteiger partial charge in [0.1, 0.15) is 7.11 Å². The number of aliphatic carboxylic acids is 1. The molecule has 8 atom stereocenters. The van der Waals surface area contributed by atoms with Gasteiger partial charge in [-0.25, -0.2) is 0 Å². The molecule has 8 unspecified atom stereocenters. The Labute approximate surface area is 213 Å². The molecule has 196 valence electrons. The number of carboxylic acids is 1. The normalized spacial score (nSPS) is 51.8. The summed E-state index contributed by atoms with van der Waals surface area (Å²) in [4.78, 5) is 17.6. The molecule has 5 aliphatic carbocycles. The van der Waals surface area contributed by atoms with Crippen molar-refractivity contribution in [1.29, 1.82) is 0 Å². The summed E-state index contributed by atoms with van der Waals surface area (Å²) in [6, 6.07) is 0. The van der Waals surface area contributed by atoms with Crippen LogP contribution >= 0.6 is 0 Å². The molecule has 5 rings (SSSR count). The summed E-state index contributed by atoms with van der Waals surface area (Å²) < 4.78 is 0. The summed E-state index contributed by atoms with van der Waals surface area (Å²) in [7, 11) is 1.68. The Morgan fingerprint density at radius 3 is 2.31 bits per heavy atom.